The van der Waals surface area contributed by atoms with E-state index in [9.17, 15) is 4.79 Å². The number of aromatic nitrogens is 1. The van der Waals surface area contributed by atoms with Gasteiger partial charge in [-0.05, 0) is 63.1 Å². The molecule has 6 nitrogen and oxygen atoms in total. The summed E-state index contributed by atoms with van der Waals surface area (Å²) in [6.07, 6.45) is 10.2. The Morgan fingerprint density at radius 2 is 1.73 bits per heavy atom. The number of aryl methyl sites for hydroxylation is 1. The molecule has 3 aromatic carbocycles. The first-order valence-electron chi connectivity index (χ1n) is 14.7. The monoisotopic (exact) mass is 548 g/mol. The van der Waals surface area contributed by atoms with Crippen LogP contribution in [0.1, 0.15) is 50.7 Å². The number of nitrogens with one attached hydrogen (secondary N) is 2. The van der Waals surface area contributed by atoms with Crippen LogP contribution in [0.2, 0.25) is 0 Å². The largest absolute Gasteiger partial charge is 0.356 e. The molecule has 2 heterocycles. The second-order valence-corrected chi connectivity index (χ2v) is 11.4. The van der Waals surface area contributed by atoms with Gasteiger partial charge in [-0.15, -0.1) is 0 Å². The fourth-order valence-electron chi connectivity index (χ4n) is 5.89. The third-order valence-corrected chi connectivity index (χ3v) is 8.05. The van der Waals surface area contributed by atoms with Crippen molar-refractivity contribution >= 4 is 45.7 Å². The van der Waals surface area contributed by atoms with Crippen molar-refractivity contribution in [2.45, 2.75) is 44.9 Å². The Hall–Kier alpha value is -4.16. The maximum atomic E-state index is 12.0. The number of fused-ring (bicyclic) bond motifs is 2. The van der Waals surface area contributed by atoms with Crippen molar-refractivity contribution in [2.24, 2.45) is 12.8 Å². The summed E-state index contributed by atoms with van der Waals surface area (Å²) in [6.45, 7) is 6.57. The van der Waals surface area contributed by atoms with Gasteiger partial charge < -0.3 is 20.9 Å². The molecule has 0 unspecified atom stereocenters. The highest BCUT2D eigenvalue weighted by molar-refractivity contribution is 6.06. The number of carbonyl (C=O) groups excluding carboxylic acids is 1. The average Bonchev–Trinajstić information content (AvgIpc) is 3.40. The van der Waals surface area contributed by atoms with Crippen LogP contribution in [0.3, 0.4) is 0 Å². The highest BCUT2D eigenvalue weighted by Gasteiger charge is 2.44. The fourth-order valence-corrected chi connectivity index (χ4v) is 5.89. The Morgan fingerprint density at radius 3 is 2.54 bits per heavy atom. The molecule has 0 bridgehead atoms. The quantitative estimate of drug-likeness (QED) is 0.137. The molecule has 0 spiro atoms. The molecule has 212 valence electrons. The number of anilines is 2. The molecule has 6 heteroatoms. The average molecular weight is 549 g/mol. The van der Waals surface area contributed by atoms with Gasteiger partial charge in [-0.1, -0.05) is 36.4 Å². The molecule has 4 N–H and O–H groups in total. The minimum atomic E-state index is -0.174. The predicted octanol–water partition coefficient (Wildman–Crippen LogP) is 6.65. The Morgan fingerprint density at radius 1 is 0.951 bits per heavy atom. The van der Waals surface area contributed by atoms with E-state index in [4.69, 9.17) is 5.73 Å². The van der Waals surface area contributed by atoms with Crippen LogP contribution in [0.25, 0.3) is 17.0 Å². The lowest BCUT2D eigenvalue weighted by Crippen LogP contribution is -2.28. The number of allylic oxidation sites excluding steroid dienone is 1. The molecule has 1 amide bonds. The van der Waals surface area contributed by atoms with Gasteiger partial charge >= 0.3 is 0 Å². The van der Waals surface area contributed by atoms with Gasteiger partial charge in [0.15, 0.2) is 5.71 Å². The van der Waals surface area contributed by atoms with Gasteiger partial charge in [-0.2, -0.15) is 4.58 Å². The lowest BCUT2D eigenvalue weighted by molar-refractivity contribution is -0.438. The SMILES string of the molecule is Cn1cc(/C=C/C2=[N+](CCCCCC(=O)NCCN)c3ccc(Nc4ccccc4)cc3C2(C)C)c2ccccc21. The summed E-state index contributed by atoms with van der Waals surface area (Å²) in [5.74, 6) is 0.0896. The number of hydrogen-bond acceptors (Lipinski definition) is 3. The standard InChI is InChI=1S/C35H41N5O/c1-35(2)30-24-28(38-27-12-6-4-7-13-27)18-19-32(30)40(23-11-5-8-16-34(41)37-22-21-36)33(35)20-17-26-25-39(3)31-15-10-9-14-29(26)31/h4,6-7,9-10,12-15,17-20,24-25,38H,5,8,11,16,21-23,36H2,1-3H3/p+1. The van der Waals surface area contributed by atoms with Crippen molar-refractivity contribution in [3.8, 4) is 0 Å². The maximum Gasteiger partial charge on any atom is 0.220 e. The molecule has 5 rings (SSSR count). The van der Waals surface area contributed by atoms with Crippen molar-refractivity contribution in [3.05, 3.63) is 96.2 Å². The highest BCUT2D eigenvalue weighted by atomic mass is 16.1. The second kappa shape index (κ2) is 12.6. The van der Waals surface area contributed by atoms with Crippen LogP contribution in [0, 0.1) is 0 Å². The summed E-state index contributed by atoms with van der Waals surface area (Å²) < 4.78 is 4.68. The van der Waals surface area contributed by atoms with E-state index in [1.54, 1.807) is 0 Å². The molecule has 1 aliphatic rings. The second-order valence-electron chi connectivity index (χ2n) is 11.4. The molecule has 41 heavy (non-hydrogen) atoms. The Bertz CT molecular complexity index is 1580. The van der Waals surface area contributed by atoms with E-state index in [0.29, 0.717) is 19.5 Å². The van der Waals surface area contributed by atoms with E-state index in [1.165, 1.54) is 33.4 Å². The van der Waals surface area contributed by atoms with E-state index >= 15 is 0 Å². The van der Waals surface area contributed by atoms with Crippen molar-refractivity contribution in [1.29, 1.82) is 0 Å². The molecule has 1 aromatic heterocycles. The molecule has 0 fully saturated rings. The summed E-state index contributed by atoms with van der Waals surface area (Å²) in [4.78, 5) is 12.0. The van der Waals surface area contributed by atoms with Crippen LogP contribution in [0.5, 0.6) is 0 Å². The molecule has 0 radical (unpaired) electrons. The Balaban J connectivity index is 1.42. The lowest BCUT2D eigenvalue weighted by atomic mass is 9.81. The number of carbonyl (C=O) groups is 1. The zero-order chi connectivity index (χ0) is 28.8. The van der Waals surface area contributed by atoms with Gasteiger partial charge in [-0.3, -0.25) is 4.79 Å². The fraction of sp³-hybridized carbons (Fsp3) is 0.314. The van der Waals surface area contributed by atoms with Gasteiger partial charge in [0.05, 0.1) is 5.41 Å². The summed E-state index contributed by atoms with van der Waals surface area (Å²) in [5, 5.41) is 7.70. The molecule has 4 aromatic rings. The topological polar surface area (TPSA) is 75.1 Å². The van der Waals surface area contributed by atoms with Gasteiger partial charge in [-0.25, -0.2) is 0 Å². The zero-order valence-corrected chi connectivity index (χ0v) is 24.5. The number of nitrogens with zero attached hydrogens (tertiary/aromatic N) is 2. The third kappa shape index (κ3) is 6.28. The molecule has 0 atom stereocenters. The number of amides is 1. The first kappa shape index (κ1) is 28.4. The van der Waals surface area contributed by atoms with Crippen LogP contribution in [-0.4, -0.2) is 40.4 Å². The molecule has 1 aliphatic heterocycles. The highest BCUT2D eigenvalue weighted by Crippen LogP contribution is 2.42. The van der Waals surface area contributed by atoms with Crippen LogP contribution in [-0.2, 0) is 17.3 Å². The van der Waals surface area contributed by atoms with E-state index in [-0.39, 0.29) is 11.3 Å². The molecule has 0 saturated carbocycles. The maximum absolute atomic E-state index is 12.0. The first-order valence-corrected chi connectivity index (χ1v) is 14.7. The van der Waals surface area contributed by atoms with Crippen LogP contribution in [0.15, 0.2) is 85.1 Å². The zero-order valence-electron chi connectivity index (χ0n) is 24.5. The predicted molar refractivity (Wildman–Crippen MR) is 171 cm³/mol. The molecular weight excluding hydrogens is 506 g/mol. The lowest BCUT2D eigenvalue weighted by Gasteiger charge is -2.17. The minimum absolute atomic E-state index is 0.0896. The summed E-state index contributed by atoms with van der Waals surface area (Å²) in [7, 11) is 2.10. The number of benzene rings is 3. The van der Waals surface area contributed by atoms with E-state index in [1.807, 2.05) is 18.2 Å². The van der Waals surface area contributed by atoms with Gasteiger partial charge in [0.1, 0.15) is 6.54 Å². The summed E-state index contributed by atoms with van der Waals surface area (Å²) in [5.41, 5.74) is 13.8. The van der Waals surface area contributed by atoms with E-state index < -0.39 is 0 Å². The van der Waals surface area contributed by atoms with E-state index in [0.717, 1.165) is 37.2 Å². The first-order chi connectivity index (χ1) is 19.9. The Kier molecular flexibility index (Phi) is 8.70. The number of para-hydroxylation sites is 2. The molecular formula is C35H42N5O+. The van der Waals surface area contributed by atoms with Crippen molar-refractivity contribution in [2.75, 3.05) is 25.0 Å². The van der Waals surface area contributed by atoms with Crippen LogP contribution >= 0.6 is 0 Å². The van der Waals surface area contributed by atoms with Crippen molar-refractivity contribution in [1.82, 2.24) is 9.88 Å². The summed E-state index contributed by atoms with van der Waals surface area (Å²) >= 11 is 0. The third-order valence-electron chi connectivity index (χ3n) is 8.05. The van der Waals surface area contributed by atoms with Gasteiger partial charge in [0, 0.05) is 84.7 Å². The minimum Gasteiger partial charge on any atom is -0.356 e. The summed E-state index contributed by atoms with van der Waals surface area (Å²) in [6, 6.07) is 25.6. The number of nitrogens with two attached hydrogens (primary N) is 1. The van der Waals surface area contributed by atoms with Crippen LogP contribution < -0.4 is 16.4 Å². The smallest absolute Gasteiger partial charge is 0.220 e. The Labute approximate surface area is 243 Å². The number of rotatable bonds is 12. The van der Waals surface area contributed by atoms with Crippen LogP contribution in [0.4, 0.5) is 17.1 Å². The van der Waals surface area contributed by atoms with Gasteiger partial charge in [0.25, 0.3) is 0 Å². The number of hydrogen-bond donors (Lipinski definition) is 3. The van der Waals surface area contributed by atoms with Crippen molar-refractivity contribution < 1.29 is 9.37 Å². The van der Waals surface area contributed by atoms with E-state index in [2.05, 4.69) is 114 Å². The molecule has 0 aliphatic carbocycles. The van der Waals surface area contributed by atoms with Crippen molar-refractivity contribution in [3.63, 3.8) is 0 Å². The normalized spacial score (nSPS) is 14.1. The number of unbranched alkanes of at least 4 members (excludes halogenated alkanes) is 2. The van der Waals surface area contributed by atoms with Gasteiger partial charge in [0.2, 0.25) is 11.6 Å². The molecule has 0 saturated heterocycles.